The molecule has 3 heterocycles. The molecule has 8 nitrogen and oxygen atoms in total. The number of alkyl halides is 3. The fourth-order valence-electron chi connectivity index (χ4n) is 5.89. The first-order valence-electron chi connectivity index (χ1n) is 13.7. The summed E-state index contributed by atoms with van der Waals surface area (Å²) in [6.45, 7) is 3.68. The smallest absolute Gasteiger partial charge is 0.419 e. The van der Waals surface area contributed by atoms with E-state index in [9.17, 15) is 22.7 Å². The van der Waals surface area contributed by atoms with Gasteiger partial charge in [0.2, 0.25) is 0 Å². The van der Waals surface area contributed by atoms with E-state index in [-0.39, 0.29) is 24.3 Å². The molecule has 3 unspecified atom stereocenters. The van der Waals surface area contributed by atoms with Gasteiger partial charge in [0.05, 0.1) is 23.7 Å². The van der Waals surface area contributed by atoms with Gasteiger partial charge in [-0.05, 0) is 68.5 Å². The molecule has 0 spiro atoms. The van der Waals surface area contributed by atoms with E-state index in [0.29, 0.717) is 28.0 Å². The van der Waals surface area contributed by atoms with Crippen LogP contribution < -0.4 is 15.8 Å². The molecule has 0 bridgehead atoms. The Hall–Kier alpha value is -4.58. The summed E-state index contributed by atoms with van der Waals surface area (Å²) in [5.74, 6) is 0.00256. The van der Waals surface area contributed by atoms with Crippen LogP contribution >= 0.6 is 0 Å². The molecule has 3 atom stereocenters. The number of aryl methyl sites for hydroxylation is 2. The molecular formula is C31H28F4N6O2. The Morgan fingerprint density at radius 2 is 1.60 bits per heavy atom. The van der Waals surface area contributed by atoms with Crippen LogP contribution in [0.15, 0.2) is 60.9 Å². The van der Waals surface area contributed by atoms with E-state index in [1.165, 1.54) is 12.3 Å². The zero-order valence-corrected chi connectivity index (χ0v) is 23.3. The molecule has 2 aliphatic rings. The van der Waals surface area contributed by atoms with Crippen LogP contribution in [-0.2, 0) is 0 Å². The molecule has 0 radical (unpaired) electrons. The maximum atomic E-state index is 14.4. The topological polar surface area (TPSA) is 119 Å². The number of fused-ring (bicyclic) bond motifs is 2. The number of nitrogens with two attached hydrogens (primary N) is 1. The molecule has 4 N–H and O–H groups in total. The fourth-order valence-corrected chi connectivity index (χ4v) is 5.89. The van der Waals surface area contributed by atoms with Crippen molar-refractivity contribution >= 4 is 33.2 Å². The molecule has 5 aromatic rings. The van der Waals surface area contributed by atoms with E-state index < -0.39 is 36.0 Å². The summed E-state index contributed by atoms with van der Waals surface area (Å²) in [4.78, 5) is 16.8. The number of aromatic nitrogens is 4. The Labute approximate surface area is 244 Å². The maximum absolute atomic E-state index is 14.4. The number of anilines is 2. The number of aliphatic hydroxyl groups is 1. The third-order valence-corrected chi connectivity index (χ3v) is 7.97. The van der Waals surface area contributed by atoms with Crippen LogP contribution in [0.5, 0.6) is 5.75 Å². The van der Waals surface area contributed by atoms with Crippen LogP contribution in [0.25, 0.3) is 21.8 Å². The van der Waals surface area contributed by atoms with Crippen LogP contribution in [0.3, 0.4) is 0 Å². The minimum absolute atomic E-state index is 0.0262. The minimum atomic E-state index is -4.91. The Morgan fingerprint density at radius 3 is 2.30 bits per heavy atom. The van der Waals surface area contributed by atoms with Gasteiger partial charge in [-0.2, -0.15) is 13.2 Å². The molecule has 43 heavy (non-hydrogen) atoms. The Morgan fingerprint density at radius 1 is 0.953 bits per heavy atom. The molecule has 7 rings (SSSR count). The standard InChI is InChI=1S/C22H19F4N3O2.C9H9N3/c1-11-27-10-14-16(28-11)3-2-4-17(14)29-20-13-5-6-15(23)19-18(13)12(7-8-31-19)9-21(20,30)22(24,25)26;1-6-11-5-7-8(10)3-2-4-9(7)12-6/h2-6,10,12,20,29-30H,7-9H2,1H3;2-5H,10H2,1H3. The van der Waals surface area contributed by atoms with Gasteiger partial charge in [-0.1, -0.05) is 18.2 Å². The summed E-state index contributed by atoms with van der Waals surface area (Å²) in [6.07, 6.45) is -1.93. The number of ether oxygens (including phenoxy) is 1. The van der Waals surface area contributed by atoms with Crippen molar-refractivity contribution in [3.63, 3.8) is 0 Å². The second kappa shape index (κ2) is 10.6. The zero-order valence-electron chi connectivity index (χ0n) is 23.3. The largest absolute Gasteiger partial charge is 0.490 e. The van der Waals surface area contributed by atoms with Gasteiger partial charge in [-0.25, -0.2) is 24.3 Å². The van der Waals surface area contributed by atoms with Gasteiger partial charge in [0.25, 0.3) is 0 Å². The van der Waals surface area contributed by atoms with E-state index in [1.54, 1.807) is 31.3 Å². The van der Waals surface area contributed by atoms with Gasteiger partial charge in [0.15, 0.2) is 17.2 Å². The van der Waals surface area contributed by atoms with Gasteiger partial charge in [0.1, 0.15) is 11.6 Å². The van der Waals surface area contributed by atoms with Crippen LogP contribution in [-0.4, -0.2) is 43.4 Å². The number of hydrogen-bond acceptors (Lipinski definition) is 8. The van der Waals surface area contributed by atoms with E-state index in [0.717, 1.165) is 28.5 Å². The summed E-state index contributed by atoms with van der Waals surface area (Å²) in [7, 11) is 0. The first-order chi connectivity index (χ1) is 20.5. The van der Waals surface area contributed by atoms with E-state index in [1.807, 2.05) is 25.1 Å². The highest BCUT2D eigenvalue weighted by molar-refractivity contribution is 5.91. The lowest BCUT2D eigenvalue weighted by molar-refractivity contribution is -0.273. The number of nitrogens with one attached hydrogen (secondary N) is 1. The summed E-state index contributed by atoms with van der Waals surface area (Å²) in [6, 6.07) is 11.5. The molecule has 2 aromatic heterocycles. The number of hydrogen-bond donors (Lipinski definition) is 3. The molecule has 0 amide bonds. The maximum Gasteiger partial charge on any atom is 0.419 e. The van der Waals surface area contributed by atoms with Crippen LogP contribution in [0.1, 0.15) is 47.6 Å². The van der Waals surface area contributed by atoms with Gasteiger partial charge in [-0.15, -0.1) is 0 Å². The lowest BCUT2D eigenvalue weighted by atomic mass is 9.68. The van der Waals surface area contributed by atoms with Crippen molar-refractivity contribution in [1.29, 1.82) is 0 Å². The summed E-state index contributed by atoms with van der Waals surface area (Å²) in [5.41, 5.74) is 5.79. The Bertz CT molecular complexity index is 1850. The number of rotatable bonds is 2. The summed E-state index contributed by atoms with van der Waals surface area (Å²) >= 11 is 0. The van der Waals surface area contributed by atoms with E-state index >= 15 is 0 Å². The van der Waals surface area contributed by atoms with Gasteiger partial charge < -0.3 is 20.9 Å². The van der Waals surface area contributed by atoms with Crippen molar-refractivity contribution in [2.45, 2.75) is 50.4 Å². The highest BCUT2D eigenvalue weighted by atomic mass is 19.4. The molecule has 1 aliphatic heterocycles. The molecular weight excluding hydrogens is 564 g/mol. The normalized spacial score (nSPS) is 21.0. The van der Waals surface area contributed by atoms with Crippen LogP contribution in [0.4, 0.5) is 28.9 Å². The Balaban J connectivity index is 0.000000229. The molecule has 222 valence electrons. The quantitative estimate of drug-likeness (QED) is 0.161. The van der Waals surface area contributed by atoms with Gasteiger partial charge in [0, 0.05) is 40.1 Å². The zero-order chi connectivity index (χ0) is 30.5. The van der Waals surface area contributed by atoms with Crippen molar-refractivity contribution < 1.29 is 27.4 Å². The van der Waals surface area contributed by atoms with E-state index in [4.69, 9.17) is 10.5 Å². The Kier molecular flexibility index (Phi) is 7.04. The molecule has 12 heteroatoms. The fraction of sp³-hybridized carbons (Fsp3) is 0.290. The second-order valence-corrected chi connectivity index (χ2v) is 10.8. The highest BCUT2D eigenvalue weighted by Gasteiger charge is 2.63. The lowest BCUT2D eigenvalue weighted by Gasteiger charge is -2.47. The number of nitrogen functional groups attached to an aromatic ring is 1. The highest BCUT2D eigenvalue weighted by Crippen LogP contribution is 2.56. The average molecular weight is 593 g/mol. The number of nitrogens with zero attached hydrogens (tertiary/aromatic N) is 4. The lowest BCUT2D eigenvalue weighted by Crippen LogP contribution is -2.56. The second-order valence-electron chi connectivity index (χ2n) is 10.8. The minimum Gasteiger partial charge on any atom is -0.490 e. The van der Waals surface area contributed by atoms with Gasteiger partial charge >= 0.3 is 6.18 Å². The monoisotopic (exact) mass is 592 g/mol. The van der Waals surface area contributed by atoms with Crippen molar-refractivity contribution in [2.24, 2.45) is 0 Å². The molecule has 1 aliphatic carbocycles. The average Bonchev–Trinajstić information content (AvgIpc) is 2.96. The SMILES string of the molecule is Cc1ncc2c(N)cccc2n1.Cc1ncc2c(NC3c4ccc(F)c5c4C(CCO5)CC3(O)C(F)(F)F)cccc2n1. The summed E-state index contributed by atoms with van der Waals surface area (Å²) < 4.78 is 62.5. The van der Waals surface area contributed by atoms with E-state index in [2.05, 4.69) is 25.3 Å². The first kappa shape index (κ1) is 28.5. The summed E-state index contributed by atoms with van der Waals surface area (Å²) in [5, 5.41) is 15.3. The third kappa shape index (κ3) is 5.05. The number of benzene rings is 3. The van der Waals surface area contributed by atoms with Crippen LogP contribution in [0.2, 0.25) is 0 Å². The van der Waals surface area contributed by atoms with Gasteiger partial charge in [-0.3, -0.25) is 0 Å². The molecule has 3 aromatic carbocycles. The van der Waals surface area contributed by atoms with Crippen molar-refractivity contribution in [2.75, 3.05) is 17.7 Å². The first-order valence-corrected chi connectivity index (χ1v) is 13.7. The van der Waals surface area contributed by atoms with Crippen molar-refractivity contribution in [1.82, 2.24) is 19.9 Å². The van der Waals surface area contributed by atoms with Crippen LogP contribution in [0, 0.1) is 19.7 Å². The molecule has 0 fully saturated rings. The molecule has 0 saturated carbocycles. The predicted molar refractivity (Wildman–Crippen MR) is 154 cm³/mol. The predicted octanol–water partition coefficient (Wildman–Crippen LogP) is 6.31. The number of halogens is 4. The molecule has 0 saturated heterocycles. The third-order valence-electron chi connectivity index (χ3n) is 7.97. The van der Waals surface area contributed by atoms with Crippen molar-refractivity contribution in [3.8, 4) is 5.75 Å². The van der Waals surface area contributed by atoms with Crippen molar-refractivity contribution in [3.05, 3.63) is 89.5 Å².